The number of benzene rings is 2. The molecule has 1 aliphatic rings. The SMILES string of the molecule is O=C(NC1CCN(Cc2cccc(-c3ccc(F)c(F)c3)c2)CC1)c1ccc(Cl)nc1. The molecule has 0 unspecified atom stereocenters. The number of hydrogen-bond donors (Lipinski definition) is 1. The molecular weight excluding hydrogens is 420 g/mol. The number of aromatic nitrogens is 1. The van der Waals surface area contributed by atoms with Crippen LogP contribution in [-0.2, 0) is 6.54 Å². The van der Waals surface area contributed by atoms with Crippen molar-refractivity contribution in [1.82, 2.24) is 15.2 Å². The first-order valence-corrected chi connectivity index (χ1v) is 10.5. The van der Waals surface area contributed by atoms with E-state index in [-0.39, 0.29) is 11.9 Å². The fourth-order valence-electron chi connectivity index (χ4n) is 3.80. The van der Waals surface area contributed by atoms with Gasteiger partial charge in [-0.3, -0.25) is 9.69 Å². The number of carbonyl (C=O) groups excluding carboxylic acids is 1. The van der Waals surface area contributed by atoms with Crippen molar-refractivity contribution in [3.63, 3.8) is 0 Å². The highest BCUT2D eigenvalue weighted by Crippen LogP contribution is 2.24. The van der Waals surface area contributed by atoms with E-state index >= 15 is 0 Å². The van der Waals surface area contributed by atoms with Crippen LogP contribution >= 0.6 is 11.6 Å². The number of rotatable bonds is 5. The highest BCUT2D eigenvalue weighted by atomic mass is 35.5. The number of nitrogens with one attached hydrogen (secondary N) is 1. The third-order valence-electron chi connectivity index (χ3n) is 5.50. The summed E-state index contributed by atoms with van der Waals surface area (Å²) in [5.41, 5.74) is 3.12. The quantitative estimate of drug-likeness (QED) is 0.562. The number of pyridine rings is 1. The van der Waals surface area contributed by atoms with E-state index in [4.69, 9.17) is 11.6 Å². The molecule has 1 amide bonds. The summed E-state index contributed by atoms with van der Waals surface area (Å²) in [6.45, 7) is 2.48. The number of nitrogens with zero attached hydrogens (tertiary/aromatic N) is 2. The van der Waals surface area contributed by atoms with Crippen molar-refractivity contribution in [2.24, 2.45) is 0 Å². The second-order valence-corrected chi connectivity index (χ2v) is 8.11. The average molecular weight is 442 g/mol. The first kappa shape index (κ1) is 21.4. The highest BCUT2D eigenvalue weighted by molar-refractivity contribution is 6.29. The van der Waals surface area contributed by atoms with Gasteiger partial charge in [-0.25, -0.2) is 13.8 Å². The molecule has 1 N–H and O–H groups in total. The topological polar surface area (TPSA) is 45.2 Å². The predicted molar refractivity (Wildman–Crippen MR) is 117 cm³/mol. The molecule has 7 heteroatoms. The Balaban J connectivity index is 1.32. The van der Waals surface area contributed by atoms with Crippen LogP contribution in [-0.4, -0.2) is 34.9 Å². The van der Waals surface area contributed by atoms with E-state index in [2.05, 4.69) is 15.2 Å². The molecule has 0 bridgehead atoms. The largest absolute Gasteiger partial charge is 0.349 e. The maximum absolute atomic E-state index is 13.6. The zero-order valence-electron chi connectivity index (χ0n) is 16.8. The van der Waals surface area contributed by atoms with Crippen molar-refractivity contribution in [1.29, 1.82) is 0 Å². The Morgan fingerprint density at radius 1 is 1.03 bits per heavy atom. The van der Waals surface area contributed by atoms with E-state index in [0.717, 1.165) is 49.7 Å². The van der Waals surface area contributed by atoms with Gasteiger partial charge in [0.1, 0.15) is 5.15 Å². The Hall–Kier alpha value is -2.83. The summed E-state index contributed by atoms with van der Waals surface area (Å²) in [6.07, 6.45) is 3.19. The lowest BCUT2D eigenvalue weighted by Gasteiger charge is -2.32. The zero-order valence-corrected chi connectivity index (χ0v) is 17.6. The van der Waals surface area contributed by atoms with Crippen molar-refractivity contribution in [3.05, 3.63) is 88.7 Å². The minimum Gasteiger partial charge on any atom is -0.349 e. The molecule has 0 saturated carbocycles. The summed E-state index contributed by atoms with van der Waals surface area (Å²) in [5, 5.41) is 3.42. The smallest absolute Gasteiger partial charge is 0.253 e. The molecular formula is C24H22ClF2N3O. The van der Waals surface area contributed by atoms with Crippen LogP contribution in [0.2, 0.25) is 5.15 Å². The molecule has 0 spiro atoms. The second kappa shape index (κ2) is 9.54. The molecule has 1 aromatic heterocycles. The Morgan fingerprint density at radius 3 is 2.52 bits per heavy atom. The second-order valence-electron chi connectivity index (χ2n) is 7.72. The molecule has 2 heterocycles. The van der Waals surface area contributed by atoms with Crippen molar-refractivity contribution in [2.75, 3.05) is 13.1 Å². The summed E-state index contributed by atoms with van der Waals surface area (Å²) in [7, 11) is 0. The number of halogens is 3. The molecule has 4 nitrogen and oxygen atoms in total. The maximum Gasteiger partial charge on any atom is 0.253 e. The van der Waals surface area contributed by atoms with Crippen LogP contribution in [0.1, 0.15) is 28.8 Å². The number of amides is 1. The molecule has 3 aromatic rings. The molecule has 1 aliphatic heterocycles. The lowest BCUT2D eigenvalue weighted by Crippen LogP contribution is -2.44. The van der Waals surface area contributed by atoms with Gasteiger partial charge in [-0.05, 0) is 59.9 Å². The Morgan fingerprint density at radius 2 is 1.81 bits per heavy atom. The van der Waals surface area contributed by atoms with Crippen LogP contribution in [0.5, 0.6) is 0 Å². The number of likely N-dealkylation sites (tertiary alicyclic amines) is 1. The third-order valence-corrected chi connectivity index (χ3v) is 5.72. The molecule has 2 aromatic carbocycles. The summed E-state index contributed by atoms with van der Waals surface area (Å²) in [6, 6.07) is 15.2. The van der Waals surface area contributed by atoms with Crippen molar-refractivity contribution >= 4 is 17.5 Å². The summed E-state index contributed by atoms with van der Waals surface area (Å²) in [4.78, 5) is 18.6. The lowest BCUT2D eigenvalue weighted by atomic mass is 10.0. The van der Waals surface area contributed by atoms with Gasteiger partial charge in [-0.1, -0.05) is 35.9 Å². The van der Waals surface area contributed by atoms with E-state index in [9.17, 15) is 13.6 Å². The van der Waals surface area contributed by atoms with Crippen LogP contribution in [0.25, 0.3) is 11.1 Å². The standard InChI is InChI=1S/C24H22ClF2N3O/c25-23-7-5-19(14-28-23)24(31)29-20-8-10-30(11-9-20)15-16-2-1-3-17(12-16)18-4-6-21(26)22(27)13-18/h1-7,12-14,20H,8-11,15H2,(H,29,31). The molecule has 0 radical (unpaired) electrons. The van der Waals surface area contributed by atoms with Crippen molar-refractivity contribution in [2.45, 2.75) is 25.4 Å². The van der Waals surface area contributed by atoms with Gasteiger partial charge in [0.25, 0.3) is 5.91 Å². The van der Waals surface area contributed by atoms with Gasteiger partial charge in [-0.2, -0.15) is 0 Å². The Bertz CT molecular complexity index is 1070. The molecule has 0 aliphatic carbocycles. The van der Waals surface area contributed by atoms with E-state index < -0.39 is 11.6 Å². The molecule has 1 fully saturated rings. The first-order valence-electron chi connectivity index (χ1n) is 10.2. The van der Waals surface area contributed by atoms with Crippen LogP contribution in [0.4, 0.5) is 8.78 Å². The van der Waals surface area contributed by atoms with Crippen LogP contribution < -0.4 is 5.32 Å². The number of hydrogen-bond acceptors (Lipinski definition) is 3. The fraction of sp³-hybridized carbons (Fsp3) is 0.250. The maximum atomic E-state index is 13.6. The van der Waals surface area contributed by atoms with Gasteiger partial charge in [0.15, 0.2) is 11.6 Å². The van der Waals surface area contributed by atoms with Crippen molar-refractivity contribution in [3.8, 4) is 11.1 Å². The van der Waals surface area contributed by atoms with Crippen molar-refractivity contribution < 1.29 is 13.6 Å². The van der Waals surface area contributed by atoms with Gasteiger partial charge in [0, 0.05) is 31.9 Å². The van der Waals surface area contributed by atoms with Crippen LogP contribution in [0, 0.1) is 11.6 Å². The van der Waals surface area contributed by atoms with Crippen LogP contribution in [0.3, 0.4) is 0 Å². The van der Waals surface area contributed by atoms with E-state index in [1.165, 1.54) is 12.3 Å². The Labute approximate surface area is 184 Å². The monoisotopic (exact) mass is 441 g/mol. The van der Waals surface area contributed by atoms with Gasteiger partial charge >= 0.3 is 0 Å². The van der Waals surface area contributed by atoms with Gasteiger partial charge in [0.2, 0.25) is 0 Å². The van der Waals surface area contributed by atoms with E-state index in [1.807, 2.05) is 24.3 Å². The minimum atomic E-state index is -0.846. The van der Waals surface area contributed by atoms with E-state index in [1.54, 1.807) is 18.2 Å². The minimum absolute atomic E-state index is 0.118. The van der Waals surface area contributed by atoms with Crippen LogP contribution in [0.15, 0.2) is 60.8 Å². The normalized spacial score (nSPS) is 15.1. The number of carbonyl (C=O) groups is 1. The Kier molecular flexibility index (Phi) is 6.59. The van der Waals surface area contributed by atoms with Gasteiger partial charge in [-0.15, -0.1) is 0 Å². The zero-order chi connectivity index (χ0) is 21.8. The van der Waals surface area contributed by atoms with E-state index in [0.29, 0.717) is 16.3 Å². The molecule has 4 rings (SSSR count). The average Bonchev–Trinajstić information content (AvgIpc) is 2.77. The predicted octanol–water partition coefficient (Wildman–Crippen LogP) is 5.07. The number of piperidine rings is 1. The van der Waals surface area contributed by atoms with Gasteiger partial charge in [0.05, 0.1) is 5.56 Å². The molecule has 0 atom stereocenters. The molecule has 160 valence electrons. The third kappa shape index (κ3) is 5.46. The first-order chi connectivity index (χ1) is 15.0. The van der Waals surface area contributed by atoms with Gasteiger partial charge < -0.3 is 5.32 Å². The summed E-state index contributed by atoms with van der Waals surface area (Å²) in [5.74, 6) is -1.83. The molecule has 31 heavy (non-hydrogen) atoms. The fourth-order valence-corrected chi connectivity index (χ4v) is 3.91. The highest BCUT2D eigenvalue weighted by Gasteiger charge is 2.21. The summed E-state index contributed by atoms with van der Waals surface area (Å²) >= 11 is 5.77. The molecule has 1 saturated heterocycles. The summed E-state index contributed by atoms with van der Waals surface area (Å²) < 4.78 is 26.8. The lowest BCUT2D eigenvalue weighted by molar-refractivity contribution is 0.0908.